The van der Waals surface area contributed by atoms with Crippen molar-refractivity contribution in [3.63, 3.8) is 0 Å². The molecule has 4 atom stereocenters. The Labute approximate surface area is 246 Å². The molecular weight excluding hydrogens is 528 g/mol. The first-order valence-corrected chi connectivity index (χ1v) is 14.6. The summed E-state index contributed by atoms with van der Waals surface area (Å²) in [5, 5.41) is 32.5. The predicted octanol–water partition coefficient (Wildman–Crippen LogP) is 5.61. The molecule has 0 unspecified atom stereocenters. The summed E-state index contributed by atoms with van der Waals surface area (Å²) in [4.78, 5) is 32.9. The Kier molecular flexibility index (Phi) is 8.71. The van der Waals surface area contributed by atoms with Crippen LogP contribution >= 0.6 is 0 Å². The second-order valence-corrected chi connectivity index (χ2v) is 11.3. The summed E-state index contributed by atoms with van der Waals surface area (Å²) in [5.74, 6) is -2.18. The average Bonchev–Trinajstić information content (AvgIpc) is 3.26. The van der Waals surface area contributed by atoms with E-state index in [9.17, 15) is 24.9 Å². The van der Waals surface area contributed by atoms with Crippen molar-refractivity contribution < 1.29 is 24.9 Å². The molecule has 1 aromatic heterocycles. The second kappa shape index (κ2) is 12.4. The van der Waals surface area contributed by atoms with E-state index in [2.05, 4.69) is 4.98 Å². The van der Waals surface area contributed by atoms with Gasteiger partial charge >= 0.3 is 0 Å². The van der Waals surface area contributed by atoms with Crippen LogP contribution in [0.1, 0.15) is 55.0 Å². The molecule has 7 heteroatoms. The number of phenolic OH excluding ortho intramolecular Hbond substituents is 1. The first kappa shape index (κ1) is 29.4. The number of amides is 2. The van der Waals surface area contributed by atoms with Crippen molar-refractivity contribution in [1.82, 2.24) is 4.98 Å². The molecule has 1 saturated heterocycles. The van der Waals surface area contributed by atoms with Crippen LogP contribution in [0.2, 0.25) is 0 Å². The highest BCUT2D eigenvalue weighted by Gasteiger charge is 2.55. The third-order valence-electron chi connectivity index (χ3n) is 8.72. The average molecular weight is 567 g/mol. The fourth-order valence-corrected chi connectivity index (χ4v) is 6.68. The SMILES string of the molecule is CCC1=C([C@H](O)CC/C(=C/c2cc(C)c(O)c(C)c2)c2ccccn2)[C@H](CO)[C@@H]2C(=O)N(c3ccccc3)C(=O)[C@@H]2C1. The molecule has 2 amide bonds. The fraction of sp³-hybridized carbons (Fsp3) is 0.343. The number of pyridine rings is 1. The minimum absolute atomic E-state index is 0.242. The normalized spacial score (nSPS) is 21.6. The van der Waals surface area contributed by atoms with Crippen LogP contribution in [-0.4, -0.2) is 44.8 Å². The molecule has 2 heterocycles. The lowest BCUT2D eigenvalue weighted by molar-refractivity contribution is -0.123. The molecule has 0 saturated carbocycles. The number of allylic oxidation sites excluding steroid dienone is 2. The zero-order chi connectivity index (χ0) is 30.0. The van der Waals surface area contributed by atoms with Gasteiger partial charge in [-0.1, -0.05) is 36.8 Å². The van der Waals surface area contributed by atoms with Gasteiger partial charge in [0.2, 0.25) is 11.8 Å². The van der Waals surface area contributed by atoms with Gasteiger partial charge in [0.25, 0.3) is 0 Å². The Morgan fingerprint density at radius 3 is 2.36 bits per heavy atom. The number of carbonyl (C=O) groups excluding carboxylic acids is 2. The number of phenols is 1. The molecule has 0 bridgehead atoms. The Balaban J connectivity index is 1.44. The van der Waals surface area contributed by atoms with Gasteiger partial charge in [-0.25, -0.2) is 0 Å². The molecule has 3 N–H and O–H groups in total. The summed E-state index contributed by atoms with van der Waals surface area (Å²) < 4.78 is 0. The molecule has 0 radical (unpaired) electrons. The minimum atomic E-state index is -0.901. The molecule has 2 aromatic carbocycles. The molecule has 5 rings (SSSR count). The fourth-order valence-electron chi connectivity index (χ4n) is 6.68. The highest BCUT2D eigenvalue weighted by atomic mass is 16.3. The number of nitrogens with zero attached hydrogens (tertiary/aromatic N) is 2. The molecule has 1 aliphatic heterocycles. The quantitative estimate of drug-likeness (QED) is 0.229. The van der Waals surface area contributed by atoms with Crippen LogP contribution in [0.15, 0.2) is 78.0 Å². The number of anilines is 1. The van der Waals surface area contributed by atoms with Gasteiger partial charge in [-0.15, -0.1) is 0 Å². The number of para-hydroxylation sites is 1. The molecule has 3 aromatic rings. The first-order valence-electron chi connectivity index (χ1n) is 14.6. The number of hydrogen-bond acceptors (Lipinski definition) is 6. The van der Waals surface area contributed by atoms with Crippen molar-refractivity contribution in [3.8, 4) is 5.75 Å². The van der Waals surface area contributed by atoms with Gasteiger partial charge in [0.05, 0.1) is 35.9 Å². The predicted molar refractivity (Wildman–Crippen MR) is 163 cm³/mol. The lowest BCUT2D eigenvalue weighted by atomic mass is 9.67. The Morgan fingerprint density at radius 1 is 1.05 bits per heavy atom. The van der Waals surface area contributed by atoms with E-state index in [0.717, 1.165) is 33.5 Å². The summed E-state index contributed by atoms with van der Waals surface area (Å²) in [5.41, 5.74) is 6.36. The largest absolute Gasteiger partial charge is 0.507 e. The van der Waals surface area contributed by atoms with Gasteiger partial charge in [0, 0.05) is 12.1 Å². The van der Waals surface area contributed by atoms with Crippen molar-refractivity contribution >= 4 is 29.2 Å². The lowest BCUT2D eigenvalue weighted by Gasteiger charge is -2.36. The molecule has 0 spiro atoms. The van der Waals surface area contributed by atoms with E-state index in [1.165, 1.54) is 4.90 Å². The van der Waals surface area contributed by atoms with Gasteiger partial charge in [0.1, 0.15) is 5.75 Å². The maximum absolute atomic E-state index is 13.7. The number of aromatic hydroxyl groups is 1. The van der Waals surface area contributed by atoms with Gasteiger partial charge in [-0.3, -0.25) is 19.5 Å². The van der Waals surface area contributed by atoms with E-state index < -0.39 is 23.9 Å². The van der Waals surface area contributed by atoms with Crippen LogP contribution in [0.4, 0.5) is 5.69 Å². The van der Waals surface area contributed by atoms with Gasteiger partial charge in [-0.2, -0.15) is 0 Å². The Bertz CT molecular complexity index is 1510. The van der Waals surface area contributed by atoms with E-state index in [1.807, 2.05) is 63.2 Å². The summed E-state index contributed by atoms with van der Waals surface area (Å²) in [6, 6.07) is 18.4. The summed E-state index contributed by atoms with van der Waals surface area (Å²) in [6.07, 6.45) is 4.72. The number of fused-ring (bicyclic) bond motifs is 1. The summed E-state index contributed by atoms with van der Waals surface area (Å²) in [7, 11) is 0. The molecule has 42 heavy (non-hydrogen) atoms. The Morgan fingerprint density at radius 2 is 1.74 bits per heavy atom. The monoisotopic (exact) mass is 566 g/mol. The smallest absolute Gasteiger partial charge is 0.238 e. The van der Waals surface area contributed by atoms with Crippen LogP contribution < -0.4 is 4.90 Å². The molecule has 2 aliphatic rings. The van der Waals surface area contributed by atoms with Crippen molar-refractivity contribution in [2.75, 3.05) is 11.5 Å². The molecule has 1 fully saturated rings. The number of aliphatic hydroxyl groups excluding tert-OH is 2. The maximum Gasteiger partial charge on any atom is 0.238 e. The number of aryl methyl sites for hydroxylation is 2. The van der Waals surface area contributed by atoms with Crippen molar-refractivity contribution in [2.45, 2.75) is 52.6 Å². The third kappa shape index (κ3) is 5.54. The van der Waals surface area contributed by atoms with Crippen molar-refractivity contribution in [2.24, 2.45) is 17.8 Å². The van der Waals surface area contributed by atoms with Crippen molar-refractivity contribution in [3.05, 3.63) is 100 Å². The standard InChI is InChI=1S/C35H38N2O5/c1-4-24-19-27-32(35(42)37(34(27)41)26-10-6-5-7-11-26)28(20-38)31(24)30(39)14-13-25(29-12-8-9-15-36-29)18-23-16-21(2)33(40)22(3)17-23/h5-12,15-18,27-28,30,32,38-40H,4,13-14,19-20H2,1-3H3/b25-18-/t27-,28+,30-,32-/m1/s1. The van der Waals surface area contributed by atoms with Crippen LogP contribution in [0.3, 0.4) is 0 Å². The number of aromatic nitrogens is 1. The number of aliphatic hydroxyl groups is 2. The van der Waals surface area contributed by atoms with E-state index in [-0.39, 0.29) is 24.2 Å². The third-order valence-corrected chi connectivity index (χ3v) is 8.72. The Hall–Kier alpha value is -4.07. The molecular formula is C35H38N2O5. The van der Waals surface area contributed by atoms with Crippen LogP contribution in [0.25, 0.3) is 11.6 Å². The van der Waals surface area contributed by atoms with Crippen LogP contribution in [0, 0.1) is 31.6 Å². The van der Waals surface area contributed by atoms with Gasteiger partial charge < -0.3 is 15.3 Å². The summed E-state index contributed by atoms with van der Waals surface area (Å²) in [6.45, 7) is 5.39. The van der Waals surface area contributed by atoms with Crippen LogP contribution in [-0.2, 0) is 9.59 Å². The zero-order valence-corrected chi connectivity index (χ0v) is 24.3. The van der Waals surface area contributed by atoms with E-state index in [0.29, 0.717) is 36.9 Å². The highest BCUT2D eigenvalue weighted by Crippen LogP contribution is 2.48. The van der Waals surface area contributed by atoms with Gasteiger partial charge in [-0.05, 0) is 110 Å². The molecule has 1 aliphatic carbocycles. The lowest BCUT2D eigenvalue weighted by Crippen LogP contribution is -2.39. The number of imide groups is 1. The maximum atomic E-state index is 13.7. The summed E-state index contributed by atoms with van der Waals surface area (Å²) >= 11 is 0. The minimum Gasteiger partial charge on any atom is -0.507 e. The van der Waals surface area contributed by atoms with E-state index >= 15 is 0 Å². The van der Waals surface area contributed by atoms with E-state index in [1.54, 1.807) is 30.5 Å². The van der Waals surface area contributed by atoms with Gasteiger partial charge in [0.15, 0.2) is 0 Å². The number of rotatable bonds is 9. The zero-order valence-electron chi connectivity index (χ0n) is 24.3. The number of carbonyl (C=O) groups is 2. The first-order chi connectivity index (χ1) is 20.2. The number of hydrogen-bond donors (Lipinski definition) is 3. The molecule has 218 valence electrons. The molecule has 7 nitrogen and oxygen atoms in total. The topological polar surface area (TPSA) is 111 Å². The van der Waals surface area contributed by atoms with Crippen LogP contribution in [0.5, 0.6) is 5.75 Å². The van der Waals surface area contributed by atoms with Crippen molar-refractivity contribution in [1.29, 1.82) is 0 Å². The van der Waals surface area contributed by atoms with E-state index in [4.69, 9.17) is 0 Å². The highest BCUT2D eigenvalue weighted by molar-refractivity contribution is 6.22. The number of benzene rings is 2. The second-order valence-electron chi connectivity index (χ2n) is 11.3.